The first-order valence-corrected chi connectivity index (χ1v) is 7.61. The molecular formula is C17H22BrNO3. The Bertz CT molecular complexity index is 616. The summed E-state index contributed by atoms with van der Waals surface area (Å²) in [5, 5.41) is 10.1. The number of nitrogens with zero attached hydrogens (tertiary/aromatic N) is 1. The van der Waals surface area contributed by atoms with E-state index in [-0.39, 0.29) is 23.1 Å². The Morgan fingerprint density at radius 2 is 2.18 bits per heavy atom. The molecule has 0 fully saturated rings. The van der Waals surface area contributed by atoms with Crippen LogP contribution in [0, 0.1) is 0 Å². The van der Waals surface area contributed by atoms with Gasteiger partial charge in [-0.2, -0.15) is 0 Å². The highest BCUT2D eigenvalue weighted by Crippen LogP contribution is 2.53. The maximum Gasteiger partial charge on any atom is 0.165 e. The van der Waals surface area contributed by atoms with Crippen LogP contribution in [0.25, 0.3) is 0 Å². The monoisotopic (exact) mass is 367 g/mol. The molecule has 3 unspecified atom stereocenters. The highest BCUT2D eigenvalue weighted by atomic mass is 79.9. The van der Waals surface area contributed by atoms with Gasteiger partial charge in [-0.05, 0) is 25.1 Å². The molecule has 4 nitrogen and oxygen atoms in total. The Kier molecular flexibility index (Phi) is 4.23. The highest BCUT2D eigenvalue weighted by molar-refractivity contribution is 8.93. The SMILES string of the molecule is Br.COc1ccc2c3c1OC1CC(O)C=C(CCN(C)C2)C31. The second kappa shape index (κ2) is 5.87. The van der Waals surface area contributed by atoms with Gasteiger partial charge in [-0.3, -0.25) is 0 Å². The highest BCUT2D eigenvalue weighted by Gasteiger charge is 2.44. The van der Waals surface area contributed by atoms with E-state index in [9.17, 15) is 5.11 Å². The van der Waals surface area contributed by atoms with Gasteiger partial charge in [0.1, 0.15) is 6.10 Å². The summed E-state index contributed by atoms with van der Waals surface area (Å²) >= 11 is 0. The molecule has 0 radical (unpaired) electrons. The molecule has 4 rings (SSSR count). The molecule has 3 aliphatic rings. The molecule has 22 heavy (non-hydrogen) atoms. The van der Waals surface area contributed by atoms with Crippen LogP contribution in [0.1, 0.15) is 29.9 Å². The number of ether oxygens (including phenoxy) is 2. The molecule has 2 aliphatic heterocycles. The number of benzene rings is 1. The van der Waals surface area contributed by atoms with E-state index in [1.807, 2.05) is 12.1 Å². The lowest BCUT2D eigenvalue weighted by molar-refractivity contribution is 0.111. The van der Waals surface area contributed by atoms with Gasteiger partial charge >= 0.3 is 0 Å². The van der Waals surface area contributed by atoms with E-state index in [2.05, 4.69) is 18.0 Å². The molecule has 2 heterocycles. The van der Waals surface area contributed by atoms with Gasteiger partial charge in [-0.25, -0.2) is 0 Å². The number of aliphatic hydroxyl groups is 1. The van der Waals surface area contributed by atoms with Crippen molar-refractivity contribution in [2.75, 3.05) is 20.7 Å². The van der Waals surface area contributed by atoms with E-state index in [0.717, 1.165) is 31.0 Å². The van der Waals surface area contributed by atoms with Gasteiger partial charge in [0.15, 0.2) is 11.5 Å². The standard InChI is InChI=1S/C17H21NO3.BrH/c1-18-6-5-10-7-12(19)8-14-15(10)16-11(9-18)3-4-13(20-2)17(16)21-14;/h3-4,7,12,14-15,19H,5-6,8-9H2,1-2H3;1H. The van der Waals surface area contributed by atoms with Crippen LogP contribution in [0.2, 0.25) is 0 Å². The minimum atomic E-state index is -0.394. The minimum Gasteiger partial charge on any atom is -0.493 e. The Balaban J connectivity index is 0.00000144. The fourth-order valence-corrected chi connectivity index (χ4v) is 3.98. The Labute approximate surface area is 141 Å². The van der Waals surface area contributed by atoms with Crippen molar-refractivity contribution < 1.29 is 14.6 Å². The molecule has 5 heteroatoms. The van der Waals surface area contributed by atoms with Crippen molar-refractivity contribution in [1.29, 1.82) is 0 Å². The molecule has 0 saturated heterocycles. The van der Waals surface area contributed by atoms with E-state index >= 15 is 0 Å². The third-order valence-corrected chi connectivity index (χ3v) is 4.92. The average Bonchev–Trinajstić information content (AvgIpc) is 2.82. The number of hydrogen-bond donors (Lipinski definition) is 1. The zero-order valence-electron chi connectivity index (χ0n) is 12.9. The smallest absolute Gasteiger partial charge is 0.165 e. The first-order valence-electron chi connectivity index (χ1n) is 7.61. The largest absolute Gasteiger partial charge is 0.493 e. The van der Waals surface area contributed by atoms with Crippen LogP contribution in [0.3, 0.4) is 0 Å². The van der Waals surface area contributed by atoms with Gasteiger partial charge in [-0.15, -0.1) is 17.0 Å². The summed E-state index contributed by atoms with van der Waals surface area (Å²) in [6, 6.07) is 4.16. The summed E-state index contributed by atoms with van der Waals surface area (Å²) in [6.07, 6.45) is 3.36. The Hall–Kier alpha value is -1.04. The molecule has 1 aliphatic carbocycles. The van der Waals surface area contributed by atoms with Crippen molar-refractivity contribution in [2.45, 2.75) is 37.5 Å². The molecule has 1 aromatic carbocycles. The molecule has 0 spiro atoms. The molecule has 0 bridgehead atoms. The van der Waals surface area contributed by atoms with E-state index in [0.29, 0.717) is 12.3 Å². The molecule has 0 saturated carbocycles. The quantitative estimate of drug-likeness (QED) is 0.774. The molecular weight excluding hydrogens is 346 g/mol. The van der Waals surface area contributed by atoms with E-state index in [4.69, 9.17) is 9.47 Å². The third-order valence-electron chi connectivity index (χ3n) is 4.92. The lowest BCUT2D eigenvalue weighted by Crippen LogP contribution is -2.33. The summed E-state index contributed by atoms with van der Waals surface area (Å²) in [6.45, 7) is 1.96. The van der Waals surface area contributed by atoms with Crippen LogP contribution in [0.5, 0.6) is 11.5 Å². The van der Waals surface area contributed by atoms with Crippen molar-refractivity contribution in [3.05, 3.63) is 34.9 Å². The lowest BCUT2D eigenvalue weighted by atomic mass is 9.77. The molecule has 0 amide bonds. The van der Waals surface area contributed by atoms with Crippen LogP contribution in [0.15, 0.2) is 23.8 Å². The molecule has 0 aromatic heterocycles. The van der Waals surface area contributed by atoms with Crippen molar-refractivity contribution in [1.82, 2.24) is 4.90 Å². The van der Waals surface area contributed by atoms with Gasteiger partial charge in [-0.1, -0.05) is 17.7 Å². The van der Waals surface area contributed by atoms with E-state index < -0.39 is 6.10 Å². The second-order valence-corrected chi connectivity index (χ2v) is 6.34. The summed E-state index contributed by atoms with van der Waals surface area (Å²) in [4.78, 5) is 2.33. The number of methoxy groups -OCH3 is 1. The maximum atomic E-state index is 10.1. The number of rotatable bonds is 1. The van der Waals surface area contributed by atoms with Crippen LogP contribution in [-0.4, -0.2) is 42.9 Å². The Morgan fingerprint density at radius 1 is 1.36 bits per heavy atom. The molecule has 1 N–H and O–H groups in total. The predicted molar refractivity (Wildman–Crippen MR) is 90.1 cm³/mol. The van der Waals surface area contributed by atoms with Crippen LogP contribution in [-0.2, 0) is 6.54 Å². The summed E-state index contributed by atoms with van der Waals surface area (Å²) in [5.41, 5.74) is 3.92. The zero-order chi connectivity index (χ0) is 14.6. The predicted octanol–water partition coefficient (Wildman–Crippen LogP) is 2.64. The molecule has 3 atom stereocenters. The van der Waals surface area contributed by atoms with Crippen LogP contribution in [0.4, 0.5) is 0 Å². The number of hydrogen-bond acceptors (Lipinski definition) is 4. The third kappa shape index (κ3) is 2.36. The van der Waals surface area contributed by atoms with Crippen molar-refractivity contribution in [2.24, 2.45) is 0 Å². The number of halogens is 1. The molecule has 120 valence electrons. The normalized spacial score (nSPS) is 29.4. The zero-order valence-corrected chi connectivity index (χ0v) is 14.6. The summed E-state index contributed by atoms with van der Waals surface area (Å²) in [7, 11) is 3.83. The van der Waals surface area contributed by atoms with Gasteiger partial charge in [0.05, 0.1) is 13.2 Å². The molecule has 1 aromatic rings. The maximum absolute atomic E-state index is 10.1. The summed E-state index contributed by atoms with van der Waals surface area (Å²) in [5.74, 6) is 1.99. The van der Waals surface area contributed by atoms with Crippen LogP contribution < -0.4 is 9.47 Å². The lowest BCUT2D eigenvalue weighted by Gasteiger charge is -2.32. The minimum absolute atomic E-state index is 0. The van der Waals surface area contributed by atoms with E-state index in [1.165, 1.54) is 16.7 Å². The summed E-state index contributed by atoms with van der Waals surface area (Å²) < 4.78 is 11.7. The fourth-order valence-electron chi connectivity index (χ4n) is 3.98. The van der Waals surface area contributed by atoms with Crippen molar-refractivity contribution in [3.63, 3.8) is 0 Å². The van der Waals surface area contributed by atoms with Crippen molar-refractivity contribution >= 4 is 17.0 Å². The van der Waals surface area contributed by atoms with Crippen molar-refractivity contribution in [3.8, 4) is 11.5 Å². The van der Waals surface area contributed by atoms with Gasteiger partial charge in [0.2, 0.25) is 0 Å². The van der Waals surface area contributed by atoms with Crippen LogP contribution >= 0.6 is 17.0 Å². The van der Waals surface area contributed by atoms with Gasteiger partial charge in [0, 0.05) is 31.0 Å². The average molecular weight is 368 g/mol. The fraction of sp³-hybridized carbons (Fsp3) is 0.529. The van der Waals surface area contributed by atoms with E-state index in [1.54, 1.807) is 7.11 Å². The van der Waals surface area contributed by atoms with Gasteiger partial charge in [0.25, 0.3) is 0 Å². The first-order chi connectivity index (χ1) is 10.2. The van der Waals surface area contributed by atoms with Gasteiger partial charge < -0.3 is 19.5 Å². The first kappa shape index (κ1) is 15.8. The Morgan fingerprint density at radius 3 is 2.95 bits per heavy atom. The second-order valence-electron chi connectivity index (χ2n) is 6.34. The topological polar surface area (TPSA) is 41.9 Å². The number of aliphatic hydroxyl groups excluding tert-OH is 1.